The van der Waals surface area contributed by atoms with Gasteiger partial charge in [0.15, 0.2) is 5.69 Å². The number of nitrogens with one attached hydrogen (secondary N) is 2. The predicted octanol–water partition coefficient (Wildman–Crippen LogP) is 0.698. The minimum Gasteiger partial charge on any atom is -0.341 e. The standard InChI is InChI=1S/C7H9ClF3N5O/c1-13-6(17)14-2-3-4(8)5(7(9,10)11)15-16(3)12/h2,12H2,1H3,(H2,13,14,17). The Morgan fingerprint density at radius 2 is 2.18 bits per heavy atom. The van der Waals surface area contributed by atoms with Crippen molar-refractivity contribution in [3.05, 3.63) is 16.4 Å². The lowest BCUT2D eigenvalue weighted by atomic mass is 10.3. The molecule has 0 saturated heterocycles. The van der Waals surface area contributed by atoms with Gasteiger partial charge in [-0.2, -0.15) is 18.0 Å². The Morgan fingerprint density at radius 3 is 2.59 bits per heavy atom. The molecule has 0 aliphatic rings. The topological polar surface area (TPSA) is 85.0 Å². The Kier molecular flexibility index (Phi) is 3.71. The van der Waals surface area contributed by atoms with E-state index in [1.54, 1.807) is 0 Å². The molecule has 0 spiro atoms. The van der Waals surface area contributed by atoms with Crippen molar-refractivity contribution in [2.45, 2.75) is 12.7 Å². The Labute approximate surface area is 98.9 Å². The summed E-state index contributed by atoms with van der Waals surface area (Å²) in [4.78, 5) is 11.3. The molecule has 96 valence electrons. The monoisotopic (exact) mass is 271 g/mol. The van der Waals surface area contributed by atoms with Crippen LogP contribution < -0.4 is 16.5 Å². The van der Waals surface area contributed by atoms with E-state index >= 15 is 0 Å². The maximum absolute atomic E-state index is 12.4. The molecular formula is C7H9ClF3N5O. The molecule has 17 heavy (non-hydrogen) atoms. The lowest BCUT2D eigenvalue weighted by molar-refractivity contribution is -0.141. The molecule has 1 heterocycles. The minimum absolute atomic E-state index is 0.136. The Balaban J connectivity index is 2.94. The molecule has 0 aliphatic carbocycles. The van der Waals surface area contributed by atoms with Gasteiger partial charge < -0.3 is 16.5 Å². The molecule has 0 bridgehead atoms. The third kappa shape index (κ3) is 2.93. The first-order valence-corrected chi connectivity index (χ1v) is 4.70. The summed E-state index contributed by atoms with van der Waals surface area (Å²) in [5, 5.41) is 6.90. The van der Waals surface area contributed by atoms with Crippen molar-refractivity contribution in [1.29, 1.82) is 0 Å². The summed E-state index contributed by atoms with van der Waals surface area (Å²) in [6.45, 7) is -0.266. The van der Waals surface area contributed by atoms with Crippen LogP contribution >= 0.6 is 11.6 Å². The molecular weight excluding hydrogens is 263 g/mol. The number of amides is 2. The van der Waals surface area contributed by atoms with E-state index in [4.69, 9.17) is 17.4 Å². The molecule has 0 saturated carbocycles. The van der Waals surface area contributed by atoms with Crippen molar-refractivity contribution in [3.63, 3.8) is 0 Å². The van der Waals surface area contributed by atoms with Crippen molar-refractivity contribution in [3.8, 4) is 0 Å². The number of rotatable bonds is 2. The van der Waals surface area contributed by atoms with Gasteiger partial charge in [-0.05, 0) is 0 Å². The van der Waals surface area contributed by atoms with E-state index in [9.17, 15) is 18.0 Å². The highest BCUT2D eigenvalue weighted by molar-refractivity contribution is 6.32. The highest BCUT2D eigenvalue weighted by atomic mass is 35.5. The van der Waals surface area contributed by atoms with Crippen molar-refractivity contribution >= 4 is 17.6 Å². The van der Waals surface area contributed by atoms with Crippen molar-refractivity contribution in [2.24, 2.45) is 0 Å². The first-order chi connectivity index (χ1) is 7.77. The molecule has 0 fully saturated rings. The van der Waals surface area contributed by atoms with Crippen LogP contribution in [0.3, 0.4) is 0 Å². The van der Waals surface area contributed by atoms with Crippen LogP contribution in [0.4, 0.5) is 18.0 Å². The summed E-state index contributed by atoms with van der Waals surface area (Å²) >= 11 is 5.49. The largest absolute Gasteiger partial charge is 0.436 e. The van der Waals surface area contributed by atoms with Gasteiger partial charge in [0, 0.05) is 7.05 Å². The van der Waals surface area contributed by atoms with E-state index in [1.807, 2.05) is 0 Å². The van der Waals surface area contributed by atoms with Crippen LogP contribution in [0.25, 0.3) is 0 Å². The van der Waals surface area contributed by atoms with Gasteiger partial charge in [-0.3, -0.25) is 0 Å². The van der Waals surface area contributed by atoms with Crippen LogP contribution in [-0.2, 0) is 12.7 Å². The van der Waals surface area contributed by atoms with Crippen LogP contribution in [-0.4, -0.2) is 23.0 Å². The van der Waals surface area contributed by atoms with Gasteiger partial charge in [0.25, 0.3) is 0 Å². The quantitative estimate of drug-likeness (QED) is 0.692. The van der Waals surface area contributed by atoms with Crippen LogP contribution in [0.15, 0.2) is 0 Å². The average molecular weight is 272 g/mol. The second-order valence-electron chi connectivity index (χ2n) is 2.98. The van der Waals surface area contributed by atoms with Crippen molar-refractivity contribution < 1.29 is 18.0 Å². The van der Waals surface area contributed by atoms with Crippen LogP contribution in [0.5, 0.6) is 0 Å². The highest BCUT2D eigenvalue weighted by Crippen LogP contribution is 2.34. The Hall–Kier alpha value is -1.64. The fraction of sp³-hybridized carbons (Fsp3) is 0.429. The zero-order valence-corrected chi connectivity index (χ0v) is 9.35. The van der Waals surface area contributed by atoms with E-state index in [0.717, 1.165) is 0 Å². The number of aromatic nitrogens is 2. The first kappa shape index (κ1) is 13.4. The van der Waals surface area contributed by atoms with Crippen LogP contribution in [0.1, 0.15) is 11.4 Å². The average Bonchev–Trinajstić information content (AvgIpc) is 2.51. The number of alkyl halides is 3. The molecule has 0 radical (unpaired) electrons. The molecule has 1 aromatic heterocycles. The van der Waals surface area contributed by atoms with Crippen LogP contribution in [0.2, 0.25) is 5.02 Å². The maximum Gasteiger partial charge on any atom is 0.436 e. The van der Waals surface area contributed by atoms with Gasteiger partial charge in [-0.25, -0.2) is 4.79 Å². The lowest BCUT2D eigenvalue weighted by Crippen LogP contribution is -2.33. The number of hydrogen-bond donors (Lipinski definition) is 3. The third-order valence-corrected chi connectivity index (χ3v) is 2.25. The molecule has 0 atom stereocenters. The highest BCUT2D eigenvalue weighted by Gasteiger charge is 2.38. The van der Waals surface area contributed by atoms with E-state index < -0.39 is 22.9 Å². The Morgan fingerprint density at radius 1 is 1.59 bits per heavy atom. The number of carbonyl (C=O) groups excluding carboxylic acids is 1. The fourth-order valence-electron chi connectivity index (χ4n) is 1.04. The molecule has 0 aliphatic heterocycles. The second kappa shape index (κ2) is 4.70. The van der Waals surface area contributed by atoms with Crippen molar-refractivity contribution in [1.82, 2.24) is 20.5 Å². The number of nitrogens with two attached hydrogens (primary N) is 1. The summed E-state index contributed by atoms with van der Waals surface area (Å²) in [7, 11) is 1.36. The number of halogens is 4. The van der Waals surface area contributed by atoms with E-state index in [1.165, 1.54) is 7.05 Å². The van der Waals surface area contributed by atoms with Gasteiger partial charge in [-0.1, -0.05) is 11.6 Å². The fourth-order valence-corrected chi connectivity index (χ4v) is 1.34. The molecule has 2 amide bonds. The zero-order valence-electron chi connectivity index (χ0n) is 8.60. The van der Waals surface area contributed by atoms with Crippen molar-refractivity contribution in [2.75, 3.05) is 12.9 Å². The predicted molar refractivity (Wildman–Crippen MR) is 53.7 cm³/mol. The number of nitrogen functional groups attached to an aromatic ring is 1. The molecule has 0 aromatic carbocycles. The molecule has 4 N–H and O–H groups in total. The first-order valence-electron chi connectivity index (χ1n) is 4.32. The SMILES string of the molecule is CNC(=O)NCc1c(Cl)c(C(F)(F)F)nn1N. The van der Waals surface area contributed by atoms with Gasteiger partial charge >= 0.3 is 12.2 Å². The van der Waals surface area contributed by atoms with Gasteiger partial charge in [-0.15, -0.1) is 5.10 Å². The van der Waals surface area contributed by atoms with E-state index in [-0.39, 0.29) is 12.2 Å². The van der Waals surface area contributed by atoms with E-state index in [2.05, 4.69) is 15.7 Å². The van der Waals surface area contributed by atoms with Gasteiger partial charge in [0.2, 0.25) is 0 Å². The van der Waals surface area contributed by atoms with Crippen LogP contribution in [0, 0.1) is 0 Å². The molecule has 0 unspecified atom stereocenters. The molecule has 1 aromatic rings. The minimum atomic E-state index is -4.69. The maximum atomic E-state index is 12.4. The van der Waals surface area contributed by atoms with Gasteiger partial charge in [0.1, 0.15) is 5.69 Å². The number of hydrogen-bond acceptors (Lipinski definition) is 3. The van der Waals surface area contributed by atoms with E-state index in [0.29, 0.717) is 4.79 Å². The number of carbonyl (C=O) groups is 1. The summed E-state index contributed by atoms with van der Waals surface area (Å²) in [6, 6.07) is -0.573. The number of nitrogens with zero attached hydrogens (tertiary/aromatic N) is 2. The summed E-state index contributed by atoms with van der Waals surface area (Å²) in [5.74, 6) is 5.22. The summed E-state index contributed by atoms with van der Waals surface area (Å²) < 4.78 is 37.2. The molecule has 6 nitrogen and oxygen atoms in total. The van der Waals surface area contributed by atoms with Gasteiger partial charge in [0.05, 0.1) is 11.6 Å². The summed E-state index contributed by atoms with van der Waals surface area (Å²) in [5.41, 5.74) is -1.42. The third-order valence-electron chi connectivity index (χ3n) is 1.86. The lowest BCUT2D eigenvalue weighted by Gasteiger charge is -2.04. The summed E-state index contributed by atoms with van der Waals surface area (Å²) in [6.07, 6.45) is -4.69. The molecule has 10 heteroatoms. The normalized spacial score (nSPS) is 11.4. The Bertz CT molecular complexity index is 430. The smallest absolute Gasteiger partial charge is 0.341 e. The number of urea groups is 1. The zero-order chi connectivity index (χ0) is 13.2. The second-order valence-corrected chi connectivity index (χ2v) is 3.36. The molecule has 1 rings (SSSR count).